The van der Waals surface area contributed by atoms with Crippen LogP contribution in [0.3, 0.4) is 0 Å². The lowest BCUT2D eigenvalue weighted by molar-refractivity contribution is 0.0955. The van der Waals surface area contributed by atoms with E-state index in [1.54, 1.807) is 29.0 Å². The third-order valence-electron chi connectivity index (χ3n) is 4.58. The molecule has 0 radical (unpaired) electrons. The summed E-state index contributed by atoms with van der Waals surface area (Å²) < 4.78 is 3.88. The molecule has 0 saturated carbocycles. The summed E-state index contributed by atoms with van der Waals surface area (Å²) in [6.07, 6.45) is 1.54. The SMILES string of the molecule is CCn1c(C)nc2cc(C(=O)N/N=C\c3cc(C#N)n(C)c3C)ccc21. The molecule has 0 aliphatic rings. The van der Waals surface area contributed by atoms with Gasteiger partial charge in [-0.15, -0.1) is 0 Å². The zero-order valence-corrected chi connectivity index (χ0v) is 15.2. The molecule has 1 aromatic carbocycles. The molecule has 3 aromatic rings. The van der Waals surface area contributed by atoms with Crippen LogP contribution in [0.25, 0.3) is 11.0 Å². The maximum atomic E-state index is 12.3. The number of hydrazone groups is 1. The van der Waals surface area contributed by atoms with E-state index < -0.39 is 0 Å². The number of nitriles is 1. The van der Waals surface area contributed by atoms with Crippen molar-refractivity contribution in [3.63, 3.8) is 0 Å². The lowest BCUT2D eigenvalue weighted by atomic mass is 10.2. The number of amides is 1. The first-order valence-electron chi connectivity index (χ1n) is 8.33. The van der Waals surface area contributed by atoms with E-state index in [9.17, 15) is 4.79 Å². The molecular formula is C19H20N6O. The number of carbonyl (C=O) groups is 1. The fourth-order valence-corrected chi connectivity index (χ4v) is 2.98. The summed E-state index contributed by atoms with van der Waals surface area (Å²) in [6, 6.07) is 9.28. The van der Waals surface area contributed by atoms with Crippen molar-refractivity contribution in [3.8, 4) is 6.07 Å². The maximum absolute atomic E-state index is 12.3. The molecule has 0 spiro atoms. The number of hydrogen-bond acceptors (Lipinski definition) is 4. The van der Waals surface area contributed by atoms with Crippen molar-refractivity contribution in [2.24, 2.45) is 12.1 Å². The van der Waals surface area contributed by atoms with Crippen molar-refractivity contribution < 1.29 is 4.79 Å². The van der Waals surface area contributed by atoms with Gasteiger partial charge in [0.05, 0.1) is 17.2 Å². The average Bonchev–Trinajstić information content (AvgIpc) is 3.10. The van der Waals surface area contributed by atoms with Gasteiger partial charge in [0.25, 0.3) is 5.91 Å². The number of aryl methyl sites for hydroxylation is 2. The van der Waals surface area contributed by atoms with Gasteiger partial charge in [0.15, 0.2) is 0 Å². The molecule has 0 aliphatic heterocycles. The summed E-state index contributed by atoms with van der Waals surface area (Å²) in [5.41, 5.74) is 7.06. The largest absolute Gasteiger partial charge is 0.339 e. The van der Waals surface area contributed by atoms with Crippen LogP contribution in [0.2, 0.25) is 0 Å². The zero-order chi connectivity index (χ0) is 18.8. The Hall–Kier alpha value is -3.40. The standard InChI is InChI=1S/C19H20N6O/c1-5-25-13(3)22-17-9-14(6-7-18(17)25)19(26)23-21-11-15-8-16(10-20)24(4)12(15)2/h6-9,11H,5H2,1-4H3,(H,23,26)/b21-11-. The molecule has 2 heterocycles. The smallest absolute Gasteiger partial charge is 0.271 e. The Morgan fingerprint density at radius 3 is 2.81 bits per heavy atom. The van der Waals surface area contributed by atoms with Gasteiger partial charge in [-0.2, -0.15) is 10.4 Å². The Kier molecular flexibility index (Phi) is 4.59. The first-order chi connectivity index (χ1) is 12.5. The van der Waals surface area contributed by atoms with Crippen molar-refractivity contribution in [3.05, 3.63) is 52.6 Å². The number of fused-ring (bicyclic) bond motifs is 1. The van der Waals surface area contributed by atoms with Gasteiger partial charge in [0.1, 0.15) is 17.6 Å². The van der Waals surface area contributed by atoms with E-state index in [-0.39, 0.29) is 5.91 Å². The molecule has 1 amide bonds. The van der Waals surface area contributed by atoms with E-state index in [1.165, 1.54) is 0 Å². The molecule has 0 unspecified atom stereocenters. The molecule has 2 aromatic heterocycles. The van der Waals surface area contributed by atoms with Crippen LogP contribution in [0.5, 0.6) is 0 Å². The predicted molar refractivity (Wildman–Crippen MR) is 100 cm³/mol. The molecule has 7 heteroatoms. The van der Waals surface area contributed by atoms with E-state index in [4.69, 9.17) is 5.26 Å². The summed E-state index contributed by atoms with van der Waals surface area (Å²) >= 11 is 0. The van der Waals surface area contributed by atoms with Crippen LogP contribution >= 0.6 is 0 Å². The van der Waals surface area contributed by atoms with Gasteiger partial charge in [-0.3, -0.25) is 4.79 Å². The van der Waals surface area contributed by atoms with Crippen molar-refractivity contribution in [2.45, 2.75) is 27.3 Å². The van der Waals surface area contributed by atoms with Crippen LogP contribution in [-0.4, -0.2) is 26.2 Å². The molecule has 0 bridgehead atoms. The highest BCUT2D eigenvalue weighted by atomic mass is 16.2. The maximum Gasteiger partial charge on any atom is 0.271 e. The number of benzene rings is 1. The average molecular weight is 348 g/mol. The molecule has 0 saturated heterocycles. The molecule has 1 N–H and O–H groups in total. The minimum atomic E-state index is -0.305. The van der Waals surface area contributed by atoms with Gasteiger partial charge in [-0.05, 0) is 45.0 Å². The number of hydrogen-bond donors (Lipinski definition) is 1. The van der Waals surface area contributed by atoms with Crippen molar-refractivity contribution in [2.75, 3.05) is 0 Å². The second-order valence-corrected chi connectivity index (χ2v) is 6.05. The van der Waals surface area contributed by atoms with Gasteiger partial charge in [-0.1, -0.05) is 0 Å². The van der Waals surface area contributed by atoms with Gasteiger partial charge in [0.2, 0.25) is 0 Å². The number of nitrogens with one attached hydrogen (secondary N) is 1. The Balaban J connectivity index is 1.78. The minimum Gasteiger partial charge on any atom is -0.339 e. The number of carbonyl (C=O) groups excluding carboxylic acids is 1. The number of nitrogens with zero attached hydrogens (tertiary/aromatic N) is 5. The van der Waals surface area contributed by atoms with E-state index >= 15 is 0 Å². The molecule has 0 aliphatic carbocycles. The van der Waals surface area contributed by atoms with Crippen molar-refractivity contribution >= 4 is 23.2 Å². The Morgan fingerprint density at radius 2 is 2.15 bits per heavy atom. The Labute approximate surface area is 151 Å². The Morgan fingerprint density at radius 1 is 1.38 bits per heavy atom. The highest BCUT2D eigenvalue weighted by Gasteiger charge is 2.11. The lowest BCUT2D eigenvalue weighted by Crippen LogP contribution is -2.17. The van der Waals surface area contributed by atoms with E-state index in [1.807, 2.05) is 27.0 Å². The fraction of sp³-hybridized carbons (Fsp3) is 0.263. The van der Waals surface area contributed by atoms with E-state index in [0.717, 1.165) is 34.7 Å². The first kappa shape index (κ1) is 17.4. The highest BCUT2D eigenvalue weighted by Crippen LogP contribution is 2.17. The van der Waals surface area contributed by atoms with E-state index in [2.05, 4.69) is 33.1 Å². The quantitative estimate of drug-likeness (QED) is 0.581. The number of aromatic nitrogens is 3. The lowest BCUT2D eigenvalue weighted by Gasteiger charge is -2.03. The van der Waals surface area contributed by atoms with Crippen LogP contribution in [0, 0.1) is 25.2 Å². The third-order valence-corrected chi connectivity index (χ3v) is 4.58. The summed E-state index contributed by atoms with van der Waals surface area (Å²) in [7, 11) is 1.82. The summed E-state index contributed by atoms with van der Waals surface area (Å²) in [4.78, 5) is 16.8. The molecule has 132 valence electrons. The second-order valence-electron chi connectivity index (χ2n) is 6.05. The summed E-state index contributed by atoms with van der Waals surface area (Å²) in [5, 5.41) is 13.1. The van der Waals surface area contributed by atoms with Crippen LogP contribution in [-0.2, 0) is 13.6 Å². The normalized spacial score (nSPS) is 11.2. The molecule has 7 nitrogen and oxygen atoms in total. The summed E-state index contributed by atoms with van der Waals surface area (Å²) in [6.45, 7) is 6.74. The van der Waals surface area contributed by atoms with Gasteiger partial charge in [0, 0.05) is 30.4 Å². The highest BCUT2D eigenvalue weighted by molar-refractivity contribution is 5.98. The molecular weight excluding hydrogens is 328 g/mol. The van der Waals surface area contributed by atoms with Crippen molar-refractivity contribution in [1.82, 2.24) is 19.5 Å². The van der Waals surface area contributed by atoms with Crippen LogP contribution in [0.4, 0.5) is 0 Å². The van der Waals surface area contributed by atoms with Crippen LogP contribution in [0.15, 0.2) is 29.4 Å². The topological polar surface area (TPSA) is 88.0 Å². The molecule has 26 heavy (non-hydrogen) atoms. The van der Waals surface area contributed by atoms with Crippen molar-refractivity contribution in [1.29, 1.82) is 5.26 Å². The second kappa shape index (κ2) is 6.84. The monoisotopic (exact) mass is 348 g/mol. The molecule has 0 atom stereocenters. The first-order valence-corrected chi connectivity index (χ1v) is 8.33. The number of rotatable bonds is 4. The Bertz CT molecular complexity index is 1060. The molecule has 0 fully saturated rings. The summed E-state index contributed by atoms with van der Waals surface area (Å²) in [5.74, 6) is 0.617. The van der Waals surface area contributed by atoms with E-state index in [0.29, 0.717) is 11.3 Å². The number of imidazole rings is 1. The molecule has 3 rings (SSSR count). The van der Waals surface area contributed by atoms with Gasteiger partial charge < -0.3 is 9.13 Å². The predicted octanol–water partition coefficient (Wildman–Crippen LogP) is 2.65. The minimum absolute atomic E-state index is 0.305. The zero-order valence-electron chi connectivity index (χ0n) is 15.2. The van der Waals surface area contributed by atoms with Gasteiger partial charge >= 0.3 is 0 Å². The van der Waals surface area contributed by atoms with Gasteiger partial charge in [-0.25, -0.2) is 10.4 Å². The van der Waals surface area contributed by atoms with Crippen LogP contribution in [0.1, 0.15) is 40.1 Å². The van der Waals surface area contributed by atoms with Crippen LogP contribution < -0.4 is 5.43 Å². The third kappa shape index (κ3) is 2.97. The fourth-order valence-electron chi connectivity index (χ4n) is 2.98.